The standard InChI is InChI=1S/C28H22F2N4O5/c29-18-5-4-14-16(21(18)30)12-32-23-15(2-1-3-17(23)28(7-8-28)27(32)38)22(14)34-20-13-39-11-10-31(20)26(37)24-25(36)19(35)6-9-33(24)34/h1-6,9,20,22,36H,7-8,10-13H2/t20-,22-/m1/s1. The molecule has 9 nitrogen and oxygen atoms in total. The SMILES string of the molecule is O=C1c2c(O)c(=O)ccn2N([C@@H]2c3ccc(F)c(F)c3CN3C(=O)C4(CC4)c4cccc2c43)[C@@H]2COCCN12. The van der Waals surface area contributed by atoms with Crippen LogP contribution in [0.1, 0.15) is 51.6 Å². The van der Waals surface area contributed by atoms with Crippen molar-refractivity contribution in [2.75, 3.05) is 29.7 Å². The number of hydrogen-bond donors (Lipinski definition) is 1. The molecule has 1 saturated heterocycles. The van der Waals surface area contributed by atoms with Gasteiger partial charge >= 0.3 is 0 Å². The normalized spacial score (nSPS) is 23.8. The van der Waals surface area contributed by atoms with Gasteiger partial charge in [0.1, 0.15) is 12.2 Å². The molecule has 39 heavy (non-hydrogen) atoms. The fraction of sp³-hybridized carbons (Fsp3) is 0.321. The summed E-state index contributed by atoms with van der Waals surface area (Å²) in [5.41, 5.74) is 1.08. The van der Waals surface area contributed by atoms with E-state index in [2.05, 4.69) is 0 Å². The van der Waals surface area contributed by atoms with E-state index in [1.807, 2.05) is 18.2 Å². The van der Waals surface area contributed by atoms with Gasteiger partial charge in [0.2, 0.25) is 11.3 Å². The average Bonchev–Trinajstić information content (AvgIpc) is 3.73. The first-order chi connectivity index (χ1) is 18.8. The fourth-order valence-electron chi connectivity index (χ4n) is 6.87. The Morgan fingerprint density at radius 2 is 1.85 bits per heavy atom. The molecule has 2 atom stereocenters. The van der Waals surface area contributed by atoms with Crippen molar-refractivity contribution in [2.24, 2.45) is 0 Å². The van der Waals surface area contributed by atoms with Crippen molar-refractivity contribution in [3.8, 4) is 5.75 Å². The maximum absolute atomic E-state index is 15.6. The van der Waals surface area contributed by atoms with E-state index in [1.54, 1.807) is 9.91 Å². The molecular weight excluding hydrogens is 510 g/mol. The molecule has 3 aromatic rings. The monoisotopic (exact) mass is 532 g/mol. The molecule has 4 aliphatic heterocycles. The number of carbonyl (C=O) groups is 2. The molecule has 5 aliphatic rings. The Hall–Kier alpha value is -4.25. The zero-order valence-corrected chi connectivity index (χ0v) is 20.6. The smallest absolute Gasteiger partial charge is 0.278 e. The van der Waals surface area contributed by atoms with Gasteiger partial charge in [-0.05, 0) is 30.0 Å². The molecule has 2 amide bonds. The zero-order chi connectivity index (χ0) is 26.8. The summed E-state index contributed by atoms with van der Waals surface area (Å²) >= 11 is 0. The van der Waals surface area contributed by atoms with E-state index < -0.39 is 46.3 Å². The number of hydrogen-bond acceptors (Lipinski definition) is 6. The molecule has 198 valence electrons. The summed E-state index contributed by atoms with van der Waals surface area (Å²) in [7, 11) is 0. The number of carbonyl (C=O) groups excluding carboxylic acids is 2. The van der Waals surface area contributed by atoms with Crippen molar-refractivity contribution < 1.29 is 28.2 Å². The summed E-state index contributed by atoms with van der Waals surface area (Å²) in [6.07, 6.45) is 2.07. The number of amides is 2. The lowest BCUT2D eigenvalue weighted by Gasteiger charge is -2.51. The minimum absolute atomic E-state index is 0.0418. The molecule has 1 saturated carbocycles. The van der Waals surface area contributed by atoms with Crippen LogP contribution in [0.25, 0.3) is 0 Å². The van der Waals surface area contributed by atoms with Crippen LogP contribution in [-0.4, -0.2) is 52.4 Å². The third kappa shape index (κ3) is 2.72. The van der Waals surface area contributed by atoms with Gasteiger partial charge in [-0.2, -0.15) is 0 Å². The van der Waals surface area contributed by atoms with Gasteiger partial charge in [-0.3, -0.25) is 24.1 Å². The number of aromatic nitrogens is 1. The first-order valence-electron chi connectivity index (χ1n) is 12.9. The number of morpholine rings is 1. The second-order valence-electron chi connectivity index (χ2n) is 10.7. The Kier molecular flexibility index (Phi) is 4.33. The molecule has 2 fully saturated rings. The Morgan fingerprint density at radius 3 is 2.64 bits per heavy atom. The summed E-state index contributed by atoms with van der Waals surface area (Å²) in [6.45, 7) is 0.441. The van der Waals surface area contributed by atoms with Crippen LogP contribution in [0.15, 0.2) is 47.4 Å². The van der Waals surface area contributed by atoms with Crippen molar-refractivity contribution in [1.29, 1.82) is 0 Å². The molecule has 8 rings (SSSR count). The summed E-state index contributed by atoms with van der Waals surface area (Å²) in [4.78, 5) is 42.7. The molecule has 0 bridgehead atoms. The van der Waals surface area contributed by atoms with Gasteiger partial charge in [0.15, 0.2) is 23.1 Å². The fourth-order valence-corrected chi connectivity index (χ4v) is 6.87. The number of anilines is 1. The maximum atomic E-state index is 15.6. The van der Waals surface area contributed by atoms with Gasteiger partial charge in [0, 0.05) is 29.9 Å². The average molecular weight is 533 g/mol. The van der Waals surface area contributed by atoms with E-state index in [0.29, 0.717) is 29.7 Å². The van der Waals surface area contributed by atoms with Crippen molar-refractivity contribution >= 4 is 17.5 Å². The van der Waals surface area contributed by atoms with E-state index in [4.69, 9.17) is 4.74 Å². The third-order valence-corrected chi connectivity index (χ3v) is 8.83. The van der Waals surface area contributed by atoms with Gasteiger partial charge in [-0.1, -0.05) is 24.3 Å². The Bertz CT molecular complexity index is 1700. The molecule has 1 spiro atoms. The minimum Gasteiger partial charge on any atom is -0.502 e. The van der Waals surface area contributed by atoms with Crippen molar-refractivity contribution in [1.82, 2.24) is 9.58 Å². The molecule has 0 unspecified atom stereocenters. The topological polar surface area (TPSA) is 95.3 Å². The number of rotatable bonds is 1. The van der Waals surface area contributed by atoms with Crippen LogP contribution in [0.3, 0.4) is 0 Å². The number of fused-ring (bicyclic) bond motifs is 4. The van der Waals surface area contributed by atoms with E-state index in [-0.39, 0.29) is 43.5 Å². The number of aromatic hydroxyl groups is 1. The number of benzene rings is 2. The van der Waals surface area contributed by atoms with E-state index in [1.165, 1.54) is 21.8 Å². The van der Waals surface area contributed by atoms with Crippen LogP contribution in [0.5, 0.6) is 5.75 Å². The van der Waals surface area contributed by atoms with Crippen LogP contribution in [-0.2, 0) is 21.5 Å². The van der Waals surface area contributed by atoms with Crippen LogP contribution < -0.4 is 15.3 Å². The van der Waals surface area contributed by atoms with Crippen molar-refractivity contribution in [2.45, 2.75) is 37.0 Å². The predicted molar refractivity (Wildman–Crippen MR) is 133 cm³/mol. The van der Waals surface area contributed by atoms with E-state index in [9.17, 15) is 23.9 Å². The second kappa shape index (κ2) is 7.44. The highest BCUT2D eigenvalue weighted by atomic mass is 19.2. The van der Waals surface area contributed by atoms with Gasteiger partial charge in [-0.15, -0.1) is 0 Å². The van der Waals surface area contributed by atoms with Crippen molar-refractivity contribution in [3.05, 3.63) is 92.4 Å². The number of pyridine rings is 1. The highest BCUT2D eigenvalue weighted by Crippen LogP contribution is 2.60. The number of ether oxygens (including phenoxy) is 1. The van der Waals surface area contributed by atoms with Gasteiger partial charge < -0.3 is 19.6 Å². The van der Waals surface area contributed by atoms with Crippen LogP contribution in [0, 0.1) is 11.6 Å². The molecule has 2 aromatic carbocycles. The quantitative estimate of drug-likeness (QED) is 0.517. The summed E-state index contributed by atoms with van der Waals surface area (Å²) in [5, 5.41) is 12.5. The lowest BCUT2D eigenvalue weighted by Crippen LogP contribution is -2.66. The minimum atomic E-state index is -1.04. The molecule has 1 aromatic heterocycles. The second-order valence-corrected chi connectivity index (χ2v) is 10.7. The molecule has 5 heterocycles. The lowest BCUT2D eigenvalue weighted by atomic mass is 9.89. The summed E-state index contributed by atoms with van der Waals surface area (Å²) in [5.74, 6) is -3.41. The Morgan fingerprint density at radius 1 is 1.03 bits per heavy atom. The number of para-hydroxylation sites is 1. The first-order valence-corrected chi connectivity index (χ1v) is 12.9. The lowest BCUT2D eigenvalue weighted by molar-refractivity contribution is -0.120. The first kappa shape index (κ1) is 22.7. The Balaban J connectivity index is 1.46. The zero-order valence-electron chi connectivity index (χ0n) is 20.6. The van der Waals surface area contributed by atoms with Gasteiger partial charge in [0.05, 0.1) is 30.9 Å². The highest BCUT2D eigenvalue weighted by molar-refractivity contribution is 6.11. The maximum Gasteiger partial charge on any atom is 0.278 e. The number of nitrogens with zero attached hydrogens (tertiary/aromatic N) is 4. The highest BCUT2D eigenvalue weighted by Gasteiger charge is 2.61. The van der Waals surface area contributed by atoms with Gasteiger partial charge in [0.25, 0.3) is 5.91 Å². The Labute approximate surface area is 220 Å². The molecule has 1 N–H and O–H groups in total. The van der Waals surface area contributed by atoms with Crippen LogP contribution in [0.4, 0.5) is 14.5 Å². The van der Waals surface area contributed by atoms with Gasteiger partial charge in [-0.25, -0.2) is 8.78 Å². The molecular formula is C28H22F2N4O5. The largest absolute Gasteiger partial charge is 0.502 e. The molecule has 11 heteroatoms. The van der Waals surface area contributed by atoms with E-state index in [0.717, 1.165) is 17.7 Å². The van der Waals surface area contributed by atoms with E-state index >= 15 is 4.39 Å². The van der Waals surface area contributed by atoms with Crippen LogP contribution in [0.2, 0.25) is 0 Å². The predicted octanol–water partition coefficient (Wildman–Crippen LogP) is 2.26. The number of halogens is 2. The van der Waals surface area contributed by atoms with Crippen LogP contribution >= 0.6 is 0 Å². The summed E-state index contributed by atoms with van der Waals surface area (Å²) < 4.78 is 37.4. The summed E-state index contributed by atoms with van der Waals surface area (Å²) in [6, 6.07) is 8.53. The van der Waals surface area contributed by atoms with Crippen molar-refractivity contribution in [3.63, 3.8) is 0 Å². The molecule has 1 aliphatic carbocycles. The third-order valence-electron chi connectivity index (χ3n) is 8.83. The molecule has 0 radical (unpaired) electrons.